The lowest BCUT2D eigenvalue weighted by Gasteiger charge is -2.33. The molecule has 0 aliphatic heterocycles. The second-order valence-electron chi connectivity index (χ2n) is 14.5. The first-order chi connectivity index (χ1) is 28.3. The van der Waals surface area contributed by atoms with E-state index < -0.39 is 0 Å². The van der Waals surface area contributed by atoms with Crippen molar-refractivity contribution >= 4 is 120 Å². The summed E-state index contributed by atoms with van der Waals surface area (Å²) >= 11 is 1.86. The van der Waals surface area contributed by atoms with E-state index in [4.69, 9.17) is 8.83 Å². The molecule has 0 bridgehead atoms. The Hall–Kier alpha value is -7.34. The van der Waals surface area contributed by atoms with Crippen LogP contribution in [0.5, 0.6) is 0 Å². The molecule has 57 heavy (non-hydrogen) atoms. The van der Waals surface area contributed by atoms with Crippen LogP contribution in [-0.4, -0.2) is 0 Å². The second-order valence-corrected chi connectivity index (χ2v) is 15.5. The molecule has 0 amide bonds. The van der Waals surface area contributed by atoms with Crippen LogP contribution in [0.1, 0.15) is 0 Å². The van der Waals surface area contributed by atoms with Gasteiger partial charge in [-0.05, 0) is 77.5 Å². The summed E-state index contributed by atoms with van der Waals surface area (Å²) in [6, 6.07) is 69.0. The van der Waals surface area contributed by atoms with E-state index in [9.17, 15) is 0 Å². The first kappa shape index (κ1) is 32.0. The van der Waals surface area contributed by atoms with Gasteiger partial charge in [-0.3, -0.25) is 0 Å². The number of fused-ring (bicyclic) bond motifs is 11. The minimum absolute atomic E-state index is 0.836. The van der Waals surface area contributed by atoms with Gasteiger partial charge in [0.25, 0.3) is 0 Å². The third kappa shape index (κ3) is 4.99. The van der Waals surface area contributed by atoms with Crippen molar-refractivity contribution in [2.75, 3.05) is 9.80 Å². The molecule has 0 fully saturated rings. The minimum Gasteiger partial charge on any atom is -0.456 e. The van der Waals surface area contributed by atoms with Crippen LogP contribution in [0.3, 0.4) is 0 Å². The van der Waals surface area contributed by atoms with Crippen molar-refractivity contribution in [3.8, 4) is 0 Å². The van der Waals surface area contributed by atoms with Crippen LogP contribution in [0.25, 0.3) is 74.8 Å². The maximum absolute atomic E-state index is 6.57. The van der Waals surface area contributed by atoms with Crippen LogP contribution >= 0.6 is 11.3 Å². The van der Waals surface area contributed by atoms with Crippen molar-refractivity contribution in [2.45, 2.75) is 0 Å². The molecule has 268 valence electrons. The number of hydrogen-bond donors (Lipinski definition) is 0. The lowest BCUT2D eigenvalue weighted by atomic mass is 10.0. The average molecular weight is 749 g/mol. The zero-order valence-corrected chi connectivity index (χ0v) is 31.4. The number of hydrogen-bond acceptors (Lipinski definition) is 5. The predicted molar refractivity (Wildman–Crippen MR) is 241 cm³/mol. The van der Waals surface area contributed by atoms with E-state index in [0.29, 0.717) is 0 Å². The molecule has 0 aliphatic carbocycles. The van der Waals surface area contributed by atoms with E-state index >= 15 is 0 Å². The van der Waals surface area contributed by atoms with Crippen LogP contribution in [0.2, 0.25) is 0 Å². The van der Waals surface area contributed by atoms with Gasteiger partial charge in [-0.2, -0.15) is 0 Å². The van der Waals surface area contributed by atoms with Crippen LogP contribution in [0.4, 0.5) is 34.1 Å². The summed E-state index contributed by atoms with van der Waals surface area (Å²) in [5.41, 5.74) is 9.62. The monoisotopic (exact) mass is 748 g/mol. The average Bonchev–Trinajstić information content (AvgIpc) is 3.96. The van der Waals surface area contributed by atoms with Crippen molar-refractivity contribution in [3.63, 3.8) is 0 Å². The molecule has 0 radical (unpaired) electrons. The highest BCUT2D eigenvalue weighted by molar-refractivity contribution is 7.27. The van der Waals surface area contributed by atoms with Crippen LogP contribution < -0.4 is 9.80 Å². The Bertz CT molecular complexity index is 3340. The molecule has 4 nitrogen and oxygen atoms in total. The second kappa shape index (κ2) is 12.6. The largest absolute Gasteiger partial charge is 0.456 e. The summed E-state index contributed by atoms with van der Waals surface area (Å²) in [5.74, 6) is 0. The summed E-state index contributed by atoms with van der Waals surface area (Å²) in [6.45, 7) is 0. The third-order valence-corrected chi connectivity index (χ3v) is 12.5. The van der Waals surface area contributed by atoms with Gasteiger partial charge in [-0.15, -0.1) is 11.3 Å². The molecule has 5 heteroatoms. The Morgan fingerprint density at radius 3 is 1.40 bits per heavy atom. The topological polar surface area (TPSA) is 32.8 Å². The fraction of sp³-hybridized carbons (Fsp3) is 0. The van der Waals surface area contributed by atoms with Gasteiger partial charge in [-0.25, -0.2) is 0 Å². The number of thiophene rings is 1. The van der Waals surface area contributed by atoms with E-state index in [2.05, 4.69) is 180 Å². The van der Waals surface area contributed by atoms with E-state index in [-0.39, 0.29) is 0 Å². The van der Waals surface area contributed by atoms with Crippen LogP contribution in [-0.2, 0) is 0 Å². The summed E-state index contributed by atoms with van der Waals surface area (Å²) in [7, 11) is 0. The Kier molecular flexibility index (Phi) is 7.06. The molecule has 0 saturated carbocycles. The van der Waals surface area contributed by atoms with Crippen molar-refractivity contribution < 1.29 is 8.83 Å². The van der Waals surface area contributed by atoms with Gasteiger partial charge < -0.3 is 18.6 Å². The van der Waals surface area contributed by atoms with Gasteiger partial charge in [0.2, 0.25) is 0 Å². The van der Waals surface area contributed by atoms with E-state index in [1.807, 2.05) is 35.6 Å². The van der Waals surface area contributed by atoms with Gasteiger partial charge in [0.05, 0.1) is 27.4 Å². The zero-order chi connectivity index (χ0) is 37.5. The van der Waals surface area contributed by atoms with Crippen LogP contribution in [0.15, 0.2) is 203 Å². The number of para-hydroxylation sites is 4. The molecule has 3 heterocycles. The molecule has 12 aromatic rings. The fourth-order valence-corrected chi connectivity index (χ4v) is 10.0. The van der Waals surface area contributed by atoms with Crippen LogP contribution in [0, 0.1) is 0 Å². The highest BCUT2D eigenvalue weighted by atomic mass is 32.1. The SMILES string of the molecule is c1ccc(N(c2ccccc2)c2ccc3c(sc4c5ccccc5ccc34)c2N(c2ccc3c(c2)oc2ccccc23)c2ccc3c(c2)oc2ccccc23)cc1. The van der Waals surface area contributed by atoms with Gasteiger partial charge in [0, 0.05) is 60.5 Å². The third-order valence-electron chi connectivity index (χ3n) is 11.2. The summed E-state index contributed by atoms with van der Waals surface area (Å²) in [5, 5.41) is 9.32. The molecule has 3 aromatic heterocycles. The van der Waals surface area contributed by atoms with Crippen molar-refractivity contribution in [2.24, 2.45) is 0 Å². The van der Waals surface area contributed by atoms with Crippen molar-refractivity contribution in [1.29, 1.82) is 0 Å². The summed E-state index contributed by atoms with van der Waals surface area (Å²) in [6.07, 6.45) is 0. The molecular weight excluding hydrogens is 717 g/mol. The Labute approximate surface area is 331 Å². The smallest absolute Gasteiger partial charge is 0.137 e. The number of benzene rings is 9. The highest BCUT2D eigenvalue weighted by Crippen LogP contribution is 2.54. The van der Waals surface area contributed by atoms with Gasteiger partial charge in [0.15, 0.2) is 0 Å². The van der Waals surface area contributed by atoms with E-state index in [0.717, 1.165) is 78.0 Å². The molecule has 0 atom stereocenters. The maximum atomic E-state index is 6.57. The standard InChI is InChI=1S/C52H32N2O2S/c1-3-14-34(15-4-1)53(35-16-5-2-6-17-35)45-30-29-44-43-26-23-33-13-7-8-18-38(33)51(43)57-52(44)50(45)54(36-24-27-41-39-19-9-11-21-46(39)55-48(41)31-36)37-25-28-42-40-20-10-12-22-47(40)56-49(42)32-37/h1-32H. The molecular formula is C52H32N2O2S. The Morgan fingerprint density at radius 1 is 0.316 bits per heavy atom. The van der Waals surface area contributed by atoms with Gasteiger partial charge in [0.1, 0.15) is 22.3 Å². The number of rotatable bonds is 6. The zero-order valence-electron chi connectivity index (χ0n) is 30.6. The predicted octanol–water partition coefficient (Wildman–Crippen LogP) is 15.9. The Morgan fingerprint density at radius 2 is 0.789 bits per heavy atom. The molecule has 0 saturated heterocycles. The van der Waals surface area contributed by atoms with E-state index in [1.165, 1.54) is 30.9 Å². The van der Waals surface area contributed by atoms with Gasteiger partial charge in [-0.1, -0.05) is 115 Å². The Balaban J connectivity index is 1.23. The first-order valence-corrected chi connectivity index (χ1v) is 20.0. The number of anilines is 6. The van der Waals surface area contributed by atoms with Crippen molar-refractivity contribution in [3.05, 3.63) is 194 Å². The maximum Gasteiger partial charge on any atom is 0.137 e. The molecule has 0 N–H and O–H groups in total. The van der Waals surface area contributed by atoms with Gasteiger partial charge >= 0.3 is 0 Å². The lowest BCUT2D eigenvalue weighted by Crippen LogP contribution is -2.17. The van der Waals surface area contributed by atoms with E-state index in [1.54, 1.807) is 0 Å². The molecule has 12 rings (SSSR count). The highest BCUT2D eigenvalue weighted by Gasteiger charge is 2.28. The lowest BCUT2D eigenvalue weighted by molar-refractivity contribution is 0.669. The summed E-state index contributed by atoms with van der Waals surface area (Å²) in [4.78, 5) is 4.79. The quantitative estimate of drug-likeness (QED) is 0.170. The van der Waals surface area contributed by atoms with Crippen molar-refractivity contribution in [1.82, 2.24) is 0 Å². The fourth-order valence-electron chi connectivity index (χ4n) is 8.64. The minimum atomic E-state index is 0.836. The number of furan rings is 2. The number of nitrogens with zero attached hydrogens (tertiary/aromatic N) is 2. The first-order valence-electron chi connectivity index (χ1n) is 19.2. The molecule has 0 aliphatic rings. The summed E-state index contributed by atoms with van der Waals surface area (Å²) < 4.78 is 15.6. The molecule has 0 spiro atoms. The normalized spacial score (nSPS) is 11.9. The molecule has 0 unspecified atom stereocenters. The molecule has 9 aromatic carbocycles.